The summed E-state index contributed by atoms with van der Waals surface area (Å²) in [6.07, 6.45) is 0.727. The Morgan fingerprint density at radius 2 is 2.17 bits per heavy atom. The molecular weight excluding hydrogens is 322 g/mol. The quantitative estimate of drug-likeness (QED) is 0.300. The molecule has 1 aliphatic rings. The molecule has 0 aliphatic carbocycles. The zero-order valence-electron chi connectivity index (χ0n) is 12.7. The number of methoxy groups -OCH3 is 1. The first-order chi connectivity index (χ1) is 11.0. The third-order valence-electron chi connectivity index (χ3n) is 3.38. The number of esters is 1. The minimum atomic E-state index is -0.823. The second-order valence-corrected chi connectivity index (χ2v) is 5.12. The number of carbonyl (C=O) groups excluding carboxylic acids is 2. The number of ether oxygens (including phenoxy) is 1. The van der Waals surface area contributed by atoms with Crippen LogP contribution in [0, 0.1) is 0 Å². The maximum Gasteiger partial charge on any atom is 0.362 e. The summed E-state index contributed by atoms with van der Waals surface area (Å²) in [7, 11) is 1.17. The summed E-state index contributed by atoms with van der Waals surface area (Å²) < 4.78 is 4.52. The number of amides is 1. The predicted octanol–water partition coefficient (Wildman–Crippen LogP) is 2.86. The molecule has 0 radical (unpaired) electrons. The maximum atomic E-state index is 11.5. The van der Waals surface area contributed by atoms with Crippen molar-refractivity contribution in [2.45, 2.75) is 13.3 Å². The van der Waals surface area contributed by atoms with Gasteiger partial charge in [-0.3, -0.25) is 4.79 Å². The molecule has 0 bridgehead atoms. The molecule has 23 heavy (non-hydrogen) atoms. The number of anilines is 1. The second-order valence-electron chi connectivity index (χ2n) is 4.85. The number of fused-ring (bicyclic) bond motifs is 1. The maximum absolute atomic E-state index is 11.5. The highest BCUT2D eigenvalue weighted by Crippen LogP contribution is 2.31. The molecular formula is C15H16ClN3O4. The molecule has 0 unspecified atom stereocenters. The number of nitrogens with zero attached hydrogens (tertiary/aromatic N) is 3. The second kappa shape index (κ2) is 7.23. The number of hydrogen-bond donors (Lipinski definition) is 1. The smallest absolute Gasteiger partial charge is 0.362 e. The average Bonchev–Trinajstić information content (AvgIpc) is 2.97. The molecule has 0 saturated carbocycles. The van der Waals surface area contributed by atoms with Gasteiger partial charge in [0.05, 0.1) is 18.7 Å². The van der Waals surface area contributed by atoms with E-state index in [9.17, 15) is 14.7 Å². The van der Waals surface area contributed by atoms with E-state index in [1.54, 1.807) is 23.1 Å². The fourth-order valence-corrected chi connectivity index (χ4v) is 2.39. The Bertz CT molecular complexity index is 700. The molecule has 0 fully saturated rings. The van der Waals surface area contributed by atoms with Gasteiger partial charge < -0.3 is 14.7 Å². The van der Waals surface area contributed by atoms with Crippen LogP contribution in [0.15, 0.2) is 39.9 Å². The number of carbonyl (C=O) groups is 2. The van der Waals surface area contributed by atoms with Gasteiger partial charge in [0.25, 0.3) is 0 Å². The number of rotatable bonds is 4. The molecule has 8 heteroatoms. The Morgan fingerprint density at radius 1 is 1.43 bits per heavy atom. The lowest BCUT2D eigenvalue weighted by Crippen LogP contribution is -2.25. The molecule has 1 aromatic rings. The summed E-state index contributed by atoms with van der Waals surface area (Å²) in [4.78, 5) is 24.7. The molecule has 1 amide bonds. The summed E-state index contributed by atoms with van der Waals surface area (Å²) in [5.74, 6) is -1.52. The summed E-state index contributed by atoms with van der Waals surface area (Å²) in [5, 5.41) is 17.3. The van der Waals surface area contributed by atoms with Crippen LogP contribution < -0.4 is 4.90 Å². The van der Waals surface area contributed by atoms with Crippen LogP contribution >= 0.6 is 11.6 Å². The third kappa shape index (κ3) is 3.68. The average molecular weight is 338 g/mol. The Morgan fingerprint density at radius 3 is 2.78 bits per heavy atom. The summed E-state index contributed by atoms with van der Waals surface area (Å²) in [5.41, 5.74) is 1.98. The van der Waals surface area contributed by atoms with Gasteiger partial charge in [-0.15, -0.1) is 16.7 Å². The van der Waals surface area contributed by atoms with E-state index in [0.29, 0.717) is 12.2 Å². The van der Waals surface area contributed by atoms with Gasteiger partial charge in [0.2, 0.25) is 11.6 Å². The lowest BCUT2D eigenvalue weighted by molar-refractivity contribution is -0.136. The van der Waals surface area contributed by atoms with Crippen molar-refractivity contribution in [3.05, 3.63) is 35.2 Å². The molecule has 1 aromatic carbocycles. The number of aliphatic hydroxyl groups is 1. The van der Waals surface area contributed by atoms with Crippen molar-refractivity contribution < 1.29 is 19.4 Å². The fraction of sp³-hybridized carbons (Fsp3) is 0.333. The van der Waals surface area contributed by atoms with Gasteiger partial charge in [0, 0.05) is 19.2 Å². The first-order valence-electron chi connectivity index (χ1n) is 6.87. The van der Waals surface area contributed by atoms with Gasteiger partial charge in [0.1, 0.15) is 5.76 Å². The standard InChI is InChI=1S/C15H16ClN3O4/c1-9(20)19-6-5-10-7-11(3-4-12(10)19)17-18-14(13(21)8-16)15(22)23-2/h3-4,7,21H,5-6,8H2,1-2H3/b14-13+,18-17?. The lowest BCUT2D eigenvalue weighted by atomic mass is 10.1. The van der Waals surface area contributed by atoms with Gasteiger partial charge in [-0.25, -0.2) is 4.79 Å². The van der Waals surface area contributed by atoms with Crippen LogP contribution in [0.2, 0.25) is 0 Å². The van der Waals surface area contributed by atoms with Crippen molar-refractivity contribution in [1.29, 1.82) is 0 Å². The van der Waals surface area contributed by atoms with E-state index in [1.165, 1.54) is 14.0 Å². The molecule has 0 spiro atoms. The predicted molar refractivity (Wildman–Crippen MR) is 85.1 cm³/mol. The van der Waals surface area contributed by atoms with Gasteiger partial charge in [-0.05, 0) is 30.2 Å². The normalized spacial score (nSPS) is 14.7. The topological polar surface area (TPSA) is 91.6 Å². The molecule has 0 atom stereocenters. The first kappa shape index (κ1) is 17.0. The number of hydrogen-bond acceptors (Lipinski definition) is 6. The van der Waals surface area contributed by atoms with Gasteiger partial charge in [-0.2, -0.15) is 5.11 Å². The van der Waals surface area contributed by atoms with E-state index in [1.807, 2.05) is 0 Å². The van der Waals surface area contributed by atoms with Crippen LogP contribution in [0.25, 0.3) is 0 Å². The Kier molecular flexibility index (Phi) is 5.33. The number of benzene rings is 1. The summed E-state index contributed by atoms with van der Waals surface area (Å²) in [6.45, 7) is 2.15. The van der Waals surface area contributed by atoms with Crippen molar-refractivity contribution in [3.63, 3.8) is 0 Å². The highest BCUT2D eigenvalue weighted by molar-refractivity contribution is 6.19. The molecule has 0 aromatic heterocycles. The van der Waals surface area contributed by atoms with E-state index in [-0.39, 0.29) is 17.5 Å². The molecule has 2 rings (SSSR count). The van der Waals surface area contributed by atoms with Crippen LogP contribution in [0.1, 0.15) is 12.5 Å². The highest BCUT2D eigenvalue weighted by Gasteiger charge is 2.22. The van der Waals surface area contributed by atoms with Crippen molar-refractivity contribution in [3.8, 4) is 0 Å². The van der Waals surface area contributed by atoms with Gasteiger partial charge >= 0.3 is 5.97 Å². The van der Waals surface area contributed by atoms with Crippen LogP contribution in [0.4, 0.5) is 11.4 Å². The van der Waals surface area contributed by atoms with Crippen molar-refractivity contribution >= 4 is 34.9 Å². The highest BCUT2D eigenvalue weighted by atomic mass is 35.5. The Balaban J connectivity index is 2.27. The summed E-state index contributed by atoms with van der Waals surface area (Å²) in [6, 6.07) is 5.24. The molecule has 0 saturated heterocycles. The minimum Gasteiger partial charge on any atom is -0.508 e. The van der Waals surface area contributed by atoms with Crippen molar-refractivity contribution in [2.75, 3.05) is 24.4 Å². The van der Waals surface area contributed by atoms with E-state index in [2.05, 4.69) is 15.0 Å². The molecule has 1 aliphatic heterocycles. The Hall–Kier alpha value is -2.41. The van der Waals surface area contributed by atoms with Crippen LogP contribution in [0.3, 0.4) is 0 Å². The monoisotopic (exact) mass is 337 g/mol. The van der Waals surface area contributed by atoms with Crippen molar-refractivity contribution in [2.24, 2.45) is 10.2 Å². The molecule has 1 heterocycles. The zero-order chi connectivity index (χ0) is 17.0. The van der Waals surface area contributed by atoms with Crippen LogP contribution in [-0.4, -0.2) is 36.5 Å². The van der Waals surface area contributed by atoms with Gasteiger partial charge in [-0.1, -0.05) is 0 Å². The number of alkyl halides is 1. The zero-order valence-corrected chi connectivity index (χ0v) is 13.5. The minimum absolute atomic E-state index is 0.0129. The largest absolute Gasteiger partial charge is 0.508 e. The lowest BCUT2D eigenvalue weighted by Gasteiger charge is -2.14. The van der Waals surface area contributed by atoms with E-state index >= 15 is 0 Å². The van der Waals surface area contributed by atoms with Crippen LogP contribution in [-0.2, 0) is 20.7 Å². The number of aliphatic hydroxyl groups excluding tert-OH is 1. The van der Waals surface area contributed by atoms with Gasteiger partial charge in [0.15, 0.2) is 0 Å². The first-order valence-corrected chi connectivity index (χ1v) is 7.40. The van der Waals surface area contributed by atoms with E-state index in [4.69, 9.17) is 11.6 Å². The fourth-order valence-electron chi connectivity index (χ4n) is 2.26. The number of halogens is 1. The summed E-state index contributed by atoms with van der Waals surface area (Å²) >= 11 is 5.50. The number of allylic oxidation sites excluding steroid dienone is 1. The SMILES string of the molecule is COC(=O)/C(N=Nc1ccc2c(c1)CCN2C(C)=O)=C(\O)CCl. The molecule has 1 N–H and O–H groups in total. The van der Waals surface area contributed by atoms with E-state index < -0.39 is 11.7 Å². The third-order valence-corrected chi connectivity index (χ3v) is 3.64. The van der Waals surface area contributed by atoms with E-state index in [0.717, 1.165) is 17.7 Å². The molecule has 7 nitrogen and oxygen atoms in total. The van der Waals surface area contributed by atoms with Crippen LogP contribution in [0.5, 0.6) is 0 Å². The number of azo groups is 1. The molecule has 122 valence electrons. The Labute approximate surface area is 138 Å². The van der Waals surface area contributed by atoms with Crippen molar-refractivity contribution in [1.82, 2.24) is 0 Å².